The summed E-state index contributed by atoms with van der Waals surface area (Å²) in [4.78, 5) is 7.31. The molecule has 1 aliphatic carbocycles. The third-order valence-corrected chi connectivity index (χ3v) is 6.38. The number of hydrogen-bond acceptors (Lipinski definition) is 4. The Morgan fingerprint density at radius 1 is 1.30 bits per heavy atom. The molecule has 1 saturated heterocycles. The molecule has 7 heteroatoms. The van der Waals surface area contributed by atoms with Crippen molar-refractivity contribution < 1.29 is 0 Å². The minimum atomic E-state index is 0.391. The van der Waals surface area contributed by atoms with Crippen LogP contribution in [0, 0.1) is 5.41 Å². The number of nitrogens with one attached hydrogen (secondary N) is 1. The van der Waals surface area contributed by atoms with E-state index in [1.807, 2.05) is 0 Å². The highest BCUT2D eigenvalue weighted by Crippen LogP contribution is 2.33. The lowest BCUT2D eigenvalue weighted by Gasteiger charge is -2.23. The Hall–Kier alpha value is -1.24. The lowest BCUT2D eigenvalue weighted by atomic mass is 9.93. The maximum absolute atomic E-state index is 4.90. The largest absolute Gasteiger partial charge is 0.357 e. The van der Waals surface area contributed by atoms with E-state index in [1.165, 1.54) is 32.1 Å². The summed E-state index contributed by atoms with van der Waals surface area (Å²) >= 11 is 1.72. The molecule has 2 aliphatic rings. The molecule has 6 nitrogen and oxygen atoms in total. The molecule has 152 valence electrons. The van der Waals surface area contributed by atoms with Gasteiger partial charge in [0.05, 0.1) is 0 Å². The summed E-state index contributed by atoms with van der Waals surface area (Å²) < 4.78 is 2.41. The topological polar surface area (TPSA) is 58.3 Å². The van der Waals surface area contributed by atoms with Gasteiger partial charge in [-0.2, -0.15) is 0 Å². The molecule has 1 aromatic rings. The highest BCUT2D eigenvalue weighted by Gasteiger charge is 2.30. The molecule has 1 aromatic heterocycles. The number of rotatable bonds is 7. The van der Waals surface area contributed by atoms with Crippen molar-refractivity contribution in [3.05, 3.63) is 5.82 Å². The van der Waals surface area contributed by atoms with Crippen LogP contribution in [-0.4, -0.2) is 58.1 Å². The van der Waals surface area contributed by atoms with Crippen LogP contribution in [0.2, 0.25) is 0 Å². The van der Waals surface area contributed by atoms with Crippen LogP contribution in [0.4, 0.5) is 0 Å². The Morgan fingerprint density at radius 2 is 2.07 bits per heavy atom. The zero-order valence-corrected chi connectivity index (χ0v) is 18.3. The third kappa shape index (κ3) is 5.18. The first-order valence-electron chi connectivity index (χ1n) is 10.5. The smallest absolute Gasteiger partial charge is 0.193 e. The fourth-order valence-corrected chi connectivity index (χ4v) is 4.86. The molecule has 0 radical (unpaired) electrons. The predicted octanol–water partition coefficient (Wildman–Crippen LogP) is 3.75. The van der Waals surface area contributed by atoms with E-state index in [2.05, 4.69) is 52.0 Å². The number of aromatic nitrogens is 3. The number of thioether (sulfide) groups is 1. The molecule has 2 heterocycles. The first-order chi connectivity index (χ1) is 13.0. The van der Waals surface area contributed by atoms with Gasteiger partial charge >= 0.3 is 0 Å². The number of aliphatic imine (C=N–C) groups is 1. The van der Waals surface area contributed by atoms with Crippen LogP contribution in [0.25, 0.3) is 0 Å². The van der Waals surface area contributed by atoms with Gasteiger partial charge in [0.2, 0.25) is 0 Å². The number of hydrogen-bond donors (Lipinski definition) is 1. The molecule has 3 rings (SSSR count). The van der Waals surface area contributed by atoms with Gasteiger partial charge in [-0.15, -0.1) is 10.2 Å². The van der Waals surface area contributed by atoms with E-state index in [4.69, 9.17) is 4.99 Å². The van der Waals surface area contributed by atoms with Gasteiger partial charge in [-0.25, -0.2) is 0 Å². The second kappa shape index (κ2) is 9.30. The second-order valence-corrected chi connectivity index (χ2v) is 9.36. The molecule has 2 fully saturated rings. The zero-order chi connectivity index (χ0) is 19.3. The van der Waals surface area contributed by atoms with E-state index in [0.717, 1.165) is 56.0 Å². The molecule has 27 heavy (non-hydrogen) atoms. The van der Waals surface area contributed by atoms with Crippen LogP contribution >= 0.6 is 11.8 Å². The second-order valence-electron chi connectivity index (χ2n) is 8.59. The quantitative estimate of drug-likeness (QED) is 0.331. The summed E-state index contributed by atoms with van der Waals surface area (Å²) in [5.74, 6) is 2.22. The van der Waals surface area contributed by atoms with Crippen LogP contribution in [-0.2, 0) is 6.42 Å². The maximum atomic E-state index is 4.90. The van der Waals surface area contributed by atoms with Gasteiger partial charge in [0.15, 0.2) is 11.1 Å². The number of aryl methyl sites for hydroxylation is 1. The normalized spacial score (nSPS) is 20.6. The van der Waals surface area contributed by atoms with Crippen molar-refractivity contribution in [3.8, 4) is 0 Å². The fourth-order valence-electron chi connectivity index (χ4n) is 4.29. The lowest BCUT2D eigenvalue weighted by molar-refractivity contribution is 0.370. The monoisotopic (exact) mass is 392 g/mol. The van der Waals surface area contributed by atoms with E-state index in [1.54, 1.807) is 11.8 Å². The van der Waals surface area contributed by atoms with Crippen LogP contribution in [0.1, 0.15) is 71.2 Å². The van der Waals surface area contributed by atoms with E-state index in [9.17, 15) is 0 Å². The lowest BCUT2D eigenvalue weighted by Crippen LogP contribution is -2.40. The molecule has 1 N–H and O–H groups in total. The summed E-state index contributed by atoms with van der Waals surface area (Å²) in [7, 11) is 0. The Kier molecular flexibility index (Phi) is 7.06. The Labute approximate surface area is 168 Å². The van der Waals surface area contributed by atoms with Gasteiger partial charge in [-0.3, -0.25) is 4.99 Å². The van der Waals surface area contributed by atoms with Gasteiger partial charge < -0.3 is 14.8 Å². The summed E-state index contributed by atoms with van der Waals surface area (Å²) in [5.41, 5.74) is 0.391. The molecule has 0 atom stereocenters. The maximum Gasteiger partial charge on any atom is 0.193 e. The van der Waals surface area contributed by atoms with Crippen molar-refractivity contribution >= 4 is 17.7 Å². The Morgan fingerprint density at radius 3 is 2.70 bits per heavy atom. The predicted molar refractivity (Wildman–Crippen MR) is 114 cm³/mol. The van der Waals surface area contributed by atoms with Crippen molar-refractivity contribution in [3.63, 3.8) is 0 Å². The molecule has 0 unspecified atom stereocenters. The molecule has 0 bridgehead atoms. The average Bonchev–Trinajstić information content (AvgIpc) is 3.36. The summed E-state index contributed by atoms with van der Waals surface area (Å²) in [6, 6.07) is 0.602. The van der Waals surface area contributed by atoms with Gasteiger partial charge in [-0.1, -0.05) is 38.5 Å². The van der Waals surface area contributed by atoms with Crippen molar-refractivity contribution in [2.75, 3.05) is 32.4 Å². The first-order valence-corrected chi connectivity index (χ1v) is 11.8. The van der Waals surface area contributed by atoms with Gasteiger partial charge in [-0.05, 0) is 44.3 Å². The van der Waals surface area contributed by atoms with Crippen LogP contribution in [0.5, 0.6) is 0 Å². The van der Waals surface area contributed by atoms with E-state index < -0.39 is 0 Å². The number of likely N-dealkylation sites (tertiary alicyclic amines) is 1. The number of guanidine groups is 1. The van der Waals surface area contributed by atoms with Gasteiger partial charge in [0.1, 0.15) is 5.82 Å². The molecule has 1 saturated carbocycles. The van der Waals surface area contributed by atoms with Gasteiger partial charge in [0.25, 0.3) is 0 Å². The van der Waals surface area contributed by atoms with Crippen molar-refractivity contribution in [2.45, 2.75) is 76.9 Å². The summed E-state index contributed by atoms with van der Waals surface area (Å²) in [6.45, 7) is 10.8. The van der Waals surface area contributed by atoms with E-state index in [-0.39, 0.29) is 0 Å². The summed E-state index contributed by atoms with van der Waals surface area (Å²) in [6.07, 6.45) is 10.5. The van der Waals surface area contributed by atoms with Crippen molar-refractivity contribution in [1.29, 1.82) is 0 Å². The molecule has 1 aliphatic heterocycles. The molecular weight excluding hydrogens is 356 g/mol. The van der Waals surface area contributed by atoms with Crippen LogP contribution < -0.4 is 5.32 Å². The molecule has 0 aromatic carbocycles. The van der Waals surface area contributed by atoms with Crippen molar-refractivity contribution in [2.24, 2.45) is 10.4 Å². The molecule has 0 amide bonds. The van der Waals surface area contributed by atoms with Crippen LogP contribution in [0.3, 0.4) is 0 Å². The highest BCUT2D eigenvalue weighted by molar-refractivity contribution is 7.98. The summed E-state index contributed by atoms with van der Waals surface area (Å²) in [5, 5.41) is 13.5. The first kappa shape index (κ1) is 20.5. The molecule has 0 spiro atoms. The fraction of sp³-hybridized carbons (Fsp3) is 0.850. The van der Waals surface area contributed by atoms with Gasteiger partial charge in [0, 0.05) is 38.6 Å². The SMILES string of the molecule is CCNC(=NCCCc1nnc(SC)n1C1CCCC1)N1CCC(C)(C)C1. The van der Waals surface area contributed by atoms with E-state index >= 15 is 0 Å². The average molecular weight is 393 g/mol. The van der Waals surface area contributed by atoms with Crippen LogP contribution in [0.15, 0.2) is 10.1 Å². The number of nitrogens with zero attached hydrogens (tertiary/aromatic N) is 5. The third-order valence-electron chi connectivity index (χ3n) is 5.74. The minimum Gasteiger partial charge on any atom is -0.357 e. The Balaban J connectivity index is 1.58. The zero-order valence-electron chi connectivity index (χ0n) is 17.5. The molecular formula is C20H36N6S. The highest BCUT2D eigenvalue weighted by atomic mass is 32.2. The standard InChI is InChI=1S/C20H36N6S/c1-5-21-18(25-14-12-20(2,3)15-25)22-13-8-11-17-23-24-19(27-4)26(17)16-9-6-7-10-16/h16H,5-15H2,1-4H3,(H,21,22). The van der Waals surface area contributed by atoms with E-state index in [0.29, 0.717) is 11.5 Å². The van der Waals surface area contributed by atoms with Crippen molar-refractivity contribution in [1.82, 2.24) is 25.0 Å². The Bertz CT molecular complexity index is 632. The minimum absolute atomic E-state index is 0.391.